The molecule has 4 aromatic carbocycles. The van der Waals surface area contributed by atoms with Crippen LogP contribution in [0.5, 0.6) is 0 Å². The number of rotatable bonds is 9. The highest BCUT2D eigenvalue weighted by molar-refractivity contribution is 5.94. The van der Waals surface area contributed by atoms with Crippen LogP contribution in [0.15, 0.2) is 119 Å². The minimum Gasteiger partial charge on any atom is -0.478 e. The Morgan fingerprint density at radius 3 is 2.05 bits per heavy atom. The average molecular weight is 570 g/mol. The molecule has 0 bridgehead atoms. The largest absolute Gasteiger partial charge is 0.478 e. The molecule has 1 heterocycles. The summed E-state index contributed by atoms with van der Waals surface area (Å²) in [7, 11) is 0. The number of aromatic carboxylic acids is 1. The summed E-state index contributed by atoms with van der Waals surface area (Å²) in [4.78, 5) is 29.1. The number of benzene rings is 4. The summed E-state index contributed by atoms with van der Waals surface area (Å²) < 4.78 is 0. The lowest BCUT2D eigenvalue weighted by molar-refractivity contribution is -0.384. The molecule has 0 saturated carbocycles. The Morgan fingerprint density at radius 1 is 0.930 bits per heavy atom. The number of hydrogen-bond acceptors (Lipinski definition) is 9. The summed E-state index contributed by atoms with van der Waals surface area (Å²) in [5.41, 5.74) is 2.21. The maximum absolute atomic E-state index is 11.9. The number of nitrogens with zero attached hydrogens (tertiary/aromatic N) is 6. The standard InChI is InChI=1S/C32H23N7O4/c1-21-27(20-33)31(38(23-13-7-3-8-14-23)24-15-9-4-10-16-24)35-30(34-22-11-5-2-6-12-22)29(21)37-36-28-18-17-25(39(42)43)19-26(28)32(40)41/h2-19H,1H3,(H,34,35)(H,40,41). The van der Waals surface area contributed by atoms with Gasteiger partial charge in [0.25, 0.3) is 5.69 Å². The predicted octanol–water partition coefficient (Wildman–Crippen LogP) is 8.50. The molecule has 0 saturated heterocycles. The van der Waals surface area contributed by atoms with E-state index in [2.05, 4.69) is 21.6 Å². The van der Waals surface area contributed by atoms with E-state index in [-0.39, 0.29) is 22.8 Å². The van der Waals surface area contributed by atoms with Gasteiger partial charge in [-0.05, 0) is 49.4 Å². The van der Waals surface area contributed by atoms with Gasteiger partial charge in [-0.15, -0.1) is 10.2 Å². The molecule has 0 fully saturated rings. The van der Waals surface area contributed by atoms with Crippen molar-refractivity contribution in [3.8, 4) is 6.07 Å². The molecule has 11 heteroatoms. The van der Waals surface area contributed by atoms with E-state index < -0.39 is 22.1 Å². The SMILES string of the molecule is Cc1c(C#N)c(N(c2ccccc2)c2ccccc2)nc(Nc2ccccc2)c1N=Nc1ccc([N+](=O)[O-])cc1C(=O)O. The fourth-order valence-corrected chi connectivity index (χ4v) is 4.39. The molecule has 0 aliphatic carbocycles. The Morgan fingerprint density at radius 2 is 1.51 bits per heavy atom. The van der Waals surface area contributed by atoms with E-state index in [0.29, 0.717) is 17.1 Å². The van der Waals surface area contributed by atoms with E-state index in [1.165, 1.54) is 6.07 Å². The summed E-state index contributed by atoms with van der Waals surface area (Å²) in [5, 5.41) is 43.0. The van der Waals surface area contributed by atoms with E-state index in [0.717, 1.165) is 23.5 Å². The third-order valence-electron chi connectivity index (χ3n) is 6.46. The first-order valence-corrected chi connectivity index (χ1v) is 13.0. The fraction of sp³-hybridized carbons (Fsp3) is 0.0312. The summed E-state index contributed by atoms with van der Waals surface area (Å²) in [6.07, 6.45) is 0. The summed E-state index contributed by atoms with van der Waals surface area (Å²) in [6, 6.07) is 33.7. The van der Waals surface area contributed by atoms with Crippen LogP contribution in [0.25, 0.3) is 0 Å². The zero-order chi connectivity index (χ0) is 30.3. The van der Waals surface area contributed by atoms with Crippen LogP contribution in [0.2, 0.25) is 0 Å². The van der Waals surface area contributed by atoms with Gasteiger partial charge in [0.2, 0.25) is 0 Å². The smallest absolute Gasteiger partial charge is 0.338 e. The van der Waals surface area contributed by atoms with Crippen molar-refractivity contribution in [2.24, 2.45) is 10.2 Å². The van der Waals surface area contributed by atoms with Gasteiger partial charge in [0.15, 0.2) is 11.6 Å². The van der Waals surface area contributed by atoms with E-state index in [1.807, 2.05) is 95.9 Å². The van der Waals surface area contributed by atoms with Crippen molar-refractivity contribution in [1.82, 2.24) is 4.98 Å². The molecule has 0 unspecified atom stereocenters. The lowest BCUT2D eigenvalue weighted by Gasteiger charge is -2.27. The summed E-state index contributed by atoms with van der Waals surface area (Å²) >= 11 is 0. The van der Waals surface area contributed by atoms with E-state index in [1.54, 1.807) is 6.92 Å². The molecule has 5 rings (SSSR count). The van der Waals surface area contributed by atoms with Crippen LogP contribution in [-0.4, -0.2) is 21.0 Å². The van der Waals surface area contributed by atoms with Crippen molar-refractivity contribution in [2.75, 3.05) is 10.2 Å². The number of non-ortho nitro benzene ring substituents is 1. The van der Waals surface area contributed by atoms with Gasteiger partial charge in [0.05, 0.1) is 10.5 Å². The Kier molecular flexibility index (Phi) is 8.12. The molecule has 1 aromatic heterocycles. The average Bonchev–Trinajstić information content (AvgIpc) is 3.02. The third-order valence-corrected chi connectivity index (χ3v) is 6.46. The molecule has 0 aliphatic heterocycles. The first-order valence-electron chi connectivity index (χ1n) is 13.0. The lowest BCUT2D eigenvalue weighted by atomic mass is 10.1. The third kappa shape index (κ3) is 6.03. The van der Waals surface area contributed by atoms with Gasteiger partial charge in [-0.25, -0.2) is 9.78 Å². The van der Waals surface area contributed by atoms with Crippen molar-refractivity contribution in [3.05, 3.63) is 136 Å². The molecule has 11 nitrogen and oxygen atoms in total. The number of nitro benzene ring substituents is 1. The highest BCUT2D eigenvalue weighted by Gasteiger charge is 2.24. The minimum atomic E-state index is -1.40. The van der Waals surface area contributed by atoms with Gasteiger partial charge < -0.3 is 10.4 Å². The maximum Gasteiger partial charge on any atom is 0.338 e. The molecule has 0 aliphatic rings. The zero-order valence-electron chi connectivity index (χ0n) is 22.7. The molecular formula is C32H23N7O4. The van der Waals surface area contributed by atoms with Crippen LogP contribution in [0.3, 0.4) is 0 Å². The van der Waals surface area contributed by atoms with Crippen molar-refractivity contribution in [1.29, 1.82) is 5.26 Å². The van der Waals surface area contributed by atoms with Crippen LogP contribution in [0, 0.1) is 28.4 Å². The molecule has 43 heavy (non-hydrogen) atoms. The van der Waals surface area contributed by atoms with Gasteiger partial charge in [0, 0.05) is 34.8 Å². The van der Waals surface area contributed by atoms with Crippen LogP contribution in [-0.2, 0) is 0 Å². The normalized spacial score (nSPS) is 10.7. The van der Waals surface area contributed by atoms with Crippen LogP contribution in [0.4, 0.5) is 45.8 Å². The first-order chi connectivity index (χ1) is 20.9. The monoisotopic (exact) mass is 569 g/mol. The molecular weight excluding hydrogens is 546 g/mol. The highest BCUT2D eigenvalue weighted by Crippen LogP contribution is 2.42. The molecule has 210 valence electrons. The second-order valence-corrected chi connectivity index (χ2v) is 9.21. The Hall–Kier alpha value is -6.41. The summed E-state index contributed by atoms with van der Waals surface area (Å²) in [6.45, 7) is 1.70. The number of anilines is 5. The number of nitrogens with one attached hydrogen (secondary N) is 1. The van der Waals surface area contributed by atoms with Crippen LogP contribution < -0.4 is 10.2 Å². The number of para-hydroxylation sites is 3. The van der Waals surface area contributed by atoms with E-state index in [9.17, 15) is 25.3 Å². The molecule has 0 atom stereocenters. The number of nitriles is 1. The van der Waals surface area contributed by atoms with Gasteiger partial charge in [0.1, 0.15) is 23.0 Å². The Bertz CT molecular complexity index is 1830. The van der Waals surface area contributed by atoms with E-state index in [4.69, 9.17) is 4.98 Å². The molecule has 2 N–H and O–H groups in total. The number of pyridine rings is 1. The quantitative estimate of drug-likeness (QED) is 0.102. The van der Waals surface area contributed by atoms with Crippen molar-refractivity contribution >= 4 is 51.7 Å². The van der Waals surface area contributed by atoms with E-state index >= 15 is 0 Å². The number of azo groups is 1. The van der Waals surface area contributed by atoms with Crippen LogP contribution in [0.1, 0.15) is 21.5 Å². The van der Waals surface area contributed by atoms with Gasteiger partial charge in [-0.1, -0.05) is 54.6 Å². The molecule has 0 amide bonds. The van der Waals surface area contributed by atoms with Gasteiger partial charge >= 0.3 is 5.97 Å². The zero-order valence-corrected chi connectivity index (χ0v) is 22.7. The fourth-order valence-electron chi connectivity index (χ4n) is 4.39. The second kappa shape index (κ2) is 12.4. The highest BCUT2D eigenvalue weighted by atomic mass is 16.6. The number of carbonyl (C=O) groups is 1. The van der Waals surface area contributed by atoms with Crippen molar-refractivity contribution in [2.45, 2.75) is 6.92 Å². The number of carboxylic acid groups (broad SMARTS) is 1. The summed E-state index contributed by atoms with van der Waals surface area (Å²) in [5.74, 6) is -0.794. The minimum absolute atomic E-state index is 0.0963. The van der Waals surface area contributed by atoms with Gasteiger partial charge in [-0.3, -0.25) is 15.0 Å². The Balaban J connectivity index is 1.73. The molecule has 0 radical (unpaired) electrons. The van der Waals surface area contributed by atoms with Crippen molar-refractivity contribution in [3.63, 3.8) is 0 Å². The predicted molar refractivity (Wildman–Crippen MR) is 162 cm³/mol. The van der Waals surface area contributed by atoms with Crippen molar-refractivity contribution < 1.29 is 14.8 Å². The Labute approximate surface area is 246 Å². The lowest BCUT2D eigenvalue weighted by Crippen LogP contribution is -2.15. The number of nitro groups is 1. The first kappa shape index (κ1) is 28.1. The van der Waals surface area contributed by atoms with Crippen LogP contribution >= 0.6 is 0 Å². The number of aromatic nitrogens is 1. The number of carboxylic acids is 1. The topological polar surface area (TPSA) is 157 Å². The molecule has 0 spiro atoms. The van der Waals surface area contributed by atoms with Gasteiger partial charge in [-0.2, -0.15) is 5.26 Å². The molecule has 5 aromatic rings. The second-order valence-electron chi connectivity index (χ2n) is 9.21. The maximum atomic E-state index is 11.9. The number of hydrogen-bond donors (Lipinski definition) is 2.